The maximum Gasteiger partial charge on any atom is 0.341 e. The fourth-order valence-electron chi connectivity index (χ4n) is 4.40. The average molecular weight is 524 g/mol. The lowest BCUT2D eigenvalue weighted by Gasteiger charge is -2.33. The third-order valence-corrected chi connectivity index (χ3v) is 9.24. The first-order chi connectivity index (χ1) is 16.6. The lowest BCUT2D eigenvalue weighted by molar-refractivity contribution is -0.117. The van der Waals surface area contributed by atoms with E-state index >= 15 is 0 Å². The fourth-order valence-corrected chi connectivity index (χ4v) is 7.11. The van der Waals surface area contributed by atoms with Crippen LogP contribution >= 0.6 is 11.3 Å². The van der Waals surface area contributed by atoms with E-state index in [-0.39, 0.29) is 36.5 Å². The number of nitrogens with one attached hydrogen (secondary N) is 1. The standard InChI is InChI=1S/C24H30FN3O5S2/c1-16(2)33-24(30)22-19-5-3-4-6-20(19)34-23(22)26-21(29)15-27-11-13-28(14-12-27)35(31,32)18-9-7-17(25)8-10-18/h7-10,16H,3-6,11-15H2,1-2H3,(H,26,29). The number of amides is 1. The zero-order chi connectivity index (χ0) is 25.2. The van der Waals surface area contributed by atoms with Gasteiger partial charge < -0.3 is 10.1 Å². The Hall–Kier alpha value is -2.34. The molecule has 2 aromatic rings. The third-order valence-electron chi connectivity index (χ3n) is 6.12. The summed E-state index contributed by atoms with van der Waals surface area (Å²) in [5.41, 5.74) is 1.46. The van der Waals surface area contributed by atoms with Crippen molar-refractivity contribution in [1.29, 1.82) is 0 Å². The van der Waals surface area contributed by atoms with Crippen molar-refractivity contribution in [2.45, 2.75) is 50.5 Å². The van der Waals surface area contributed by atoms with E-state index in [2.05, 4.69) is 5.32 Å². The fraction of sp³-hybridized carbons (Fsp3) is 0.500. The van der Waals surface area contributed by atoms with Crippen molar-refractivity contribution >= 4 is 38.2 Å². The first-order valence-corrected chi connectivity index (χ1v) is 14.0. The van der Waals surface area contributed by atoms with Gasteiger partial charge in [0.25, 0.3) is 0 Å². The number of benzene rings is 1. The van der Waals surface area contributed by atoms with Crippen molar-refractivity contribution in [2.75, 3.05) is 38.0 Å². The monoisotopic (exact) mass is 523 g/mol. The molecule has 1 saturated heterocycles. The van der Waals surface area contributed by atoms with E-state index in [4.69, 9.17) is 4.74 Å². The zero-order valence-electron chi connectivity index (χ0n) is 19.9. The number of carbonyl (C=O) groups excluding carboxylic acids is 2. The Balaban J connectivity index is 1.38. The van der Waals surface area contributed by atoms with Crippen LogP contribution in [0.5, 0.6) is 0 Å². The number of fused-ring (bicyclic) bond motifs is 1. The largest absolute Gasteiger partial charge is 0.459 e. The van der Waals surface area contributed by atoms with Gasteiger partial charge >= 0.3 is 5.97 Å². The average Bonchev–Trinajstić information content (AvgIpc) is 3.17. The van der Waals surface area contributed by atoms with Crippen LogP contribution in [0, 0.1) is 5.82 Å². The van der Waals surface area contributed by atoms with Crippen molar-refractivity contribution < 1.29 is 27.1 Å². The molecule has 0 radical (unpaired) electrons. The summed E-state index contributed by atoms with van der Waals surface area (Å²) >= 11 is 1.44. The summed E-state index contributed by atoms with van der Waals surface area (Å²) in [6, 6.07) is 4.77. The van der Waals surface area contributed by atoms with Crippen molar-refractivity contribution in [2.24, 2.45) is 0 Å². The molecule has 0 saturated carbocycles. The topological polar surface area (TPSA) is 96.0 Å². The number of nitrogens with zero attached hydrogens (tertiary/aromatic N) is 2. The van der Waals surface area contributed by atoms with E-state index in [0.29, 0.717) is 23.7 Å². The quantitative estimate of drug-likeness (QED) is 0.560. The molecule has 11 heteroatoms. The highest BCUT2D eigenvalue weighted by Gasteiger charge is 2.31. The van der Waals surface area contributed by atoms with Gasteiger partial charge in [-0.15, -0.1) is 11.3 Å². The van der Waals surface area contributed by atoms with Gasteiger partial charge in [-0.2, -0.15) is 4.31 Å². The number of esters is 1. The van der Waals surface area contributed by atoms with Crippen LogP contribution in [-0.4, -0.2) is 68.3 Å². The SMILES string of the molecule is CC(C)OC(=O)c1c(NC(=O)CN2CCN(S(=O)(=O)c3ccc(F)cc3)CC2)sc2c1CCCC2. The molecule has 190 valence electrons. The molecule has 1 amide bonds. The molecule has 1 aromatic carbocycles. The van der Waals surface area contributed by atoms with Crippen LogP contribution in [0.4, 0.5) is 9.39 Å². The van der Waals surface area contributed by atoms with Gasteiger partial charge in [0.15, 0.2) is 0 Å². The molecule has 2 heterocycles. The Morgan fingerprint density at radius 1 is 1.09 bits per heavy atom. The van der Waals surface area contributed by atoms with Gasteiger partial charge in [0.05, 0.1) is 23.1 Å². The zero-order valence-corrected chi connectivity index (χ0v) is 21.5. The van der Waals surface area contributed by atoms with Crippen LogP contribution in [0.1, 0.15) is 47.5 Å². The van der Waals surface area contributed by atoms with Crippen molar-refractivity contribution in [3.63, 3.8) is 0 Å². The molecule has 4 rings (SSSR count). The first-order valence-electron chi connectivity index (χ1n) is 11.8. The summed E-state index contributed by atoms with van der Waals surface area (Å²) in [6.45, 7) is 4.91. The summed E-state index contributed by atoms with van der Waals surface area (Å²) in [4.78, 5) is 28.7. The Morgan fingerprint density at radius 2 is 1.74 bits per heavy atom. The van der Waals surface area contributed by atoms with E-state index < -0.39 is 21.8 Å². The second-order valence-electron chi connectivity index (χ2n) is 9.05. The minimum Gasteiger partial charge on any atom is -0.459 e. The molecule has 1 aliphatic heterocycles. The van der Waals surface area contributed by atoms with E-state index in [1.807, 2.05) is 4.90 Å². The number of halogens is 1. The molecule has 35 heavy (non-hydrogen) atoms. The predicted octanol–water partition coefficient (Wildman–Crippen LogP) is 3.28. The van der Waals surface area contributed by atoms with Gasteiger partial charge in [-0.05, 0) is 69.4 Å². The molecular formula is C24H30FN3O5S2. The lowest BCUT2D eigenvalue weighted by Crippen LogP contribution is -2.50. The number of sulfonamides is 1. The molecule has 0 spiro atoms. The third kappa shape index (κ3) is 5.91. The number of rotatable bonds is 7. The maximum atomic E-state index is 13.2. The summed E-state index contributed by atoms with van der Waals surface area (Å²) in [5, 5.41) is 3.44. The first kappa shape index (κ1) is 25.7. The second kappa shape index (κ2) is 10.7. The van der Waals surface area contributed by atoms with Gasteiger partial charge in [0, 0.05) is 31.1 Å². The summed E-state index contributed by atoms with van der Waals surface area (Å²) in [5.74, 6) is -1.15. The molecule has 0 unspecified atom stereocenters. The molecular weight excluding hydrogens is 493 g/mol. The number of piperazine rings is 1. The molecule has 1 fully saturated rings. The van der Waals surface area contributed by atoms with Gasteiger partial charge in [0.1, 0.15) is 10.8 Å². The van der Waals surface area contributed by atoms with Crippen molar-refractivity contribution in [3.05, 3.63) is 46.1 Å². The van der Waals surface area contributed by atoms with Gasteiger partial charge in [0.2, 0.25) is 15.9 Å². The summed E-state index contributed by atoms with van der Waals surface area (Å²) in [6.07, 6.45) is 3.50. The van der Waals surface area contributed by atoms with E-state index in [0.717, 1.165) is 48.3 Å². The Morgan fingerprint density at radius 3 is 2.40 bits per heavy atom. The van der Waals surface area contributed by atoms with Crippen LogP contribution < -0.4 is 5.32 Å². The minimum atomic E-state index is -3.72. The molecule has 1 aliphatic carbocycles. The Bertz CT molecular complexity index is 1190. The van der Waals surface area contributed by atoms with Crippen LogP contribution in [0.2, 0.25) is 0 Å². The number of carbonyl (C=O) groups is 2. The molecule has 0 atom stereocenters. The van der Waals surface area contributed by atoms with Crippen LogP contribution in [0.25, 0.3) is 0 Å². The van der Waals surface area contributed by atoms with E-state index in [1.165, 1.54) is 27.8 Å². The summed E-state index contributed by atoms with van der Waals surface area (Å²) in [7, 11) is -3.72. The predicted molar refractivity (Wildman–Crippen MR) is 132 cm³/mol. The number of anilines is 1. The molecule has 1 aromatic heterocycles. The van der Waals surface area contributed by atoms with Gasteiger partial charge in [-0.25, -0.2) is 17.6 Å². The number of hydrogen-bond donors (Lipinski definition) is 1. The van der Waals surface area contributed by atoms with Gasteiger partial charge in [-0.1, -0.05) is 0 Å². The normalized spacial score (nSPS) is 17.3. The lowest BCUT2D eigenvalue weighted by atomic mass is 9.95. The van der Waals surface area contributed by atoms with Crippen LogP contribution in [0.15, 0.2) is 29.2 Å². The Kier molecular flexibility index (Phi) is 7.89. The number of aryl methyl sites for hydroxylation is 1. The van der Waals surface area contributed by atoms with Gasteiger partial charge in [-0.3, -0.25) is 9.69 Å². The highest BCUT2D eigenvalue weighted by Crippen LogP contribution is 2.38. The number of hydrogen-bond acceptors (Lipinski definition) is 7. The van der Waals surface area contributed by atoms with E-state index in [9.17, 15) is 22.4 Å². The van der Waals surface area contributed by atoms with Crippen molar-refractivity contribution in [1.82, 2.24) is 9.21 Å². The molecule has 0 bridgehead atoms. The second-order valence-corrected chi connectivity index (χ2v) is 12.1. The Labute approximate surface area is 209 Å². The highest BCUT2D eigenvalue weighted by atomic mass is 32.2. The summed E-state index contributed by atoms with van der Waals surface area (Å²) < 4.78 is 45.6. The van der Waals surface area contributed by atoms with Crippen LogP contribution in [-0.2, 0) is 32.4 Å². The van der Waals surface area contributed by atoms with E-state index in [1.54, 1.807) is 13.8 Å². The van der Waals surface area contributed by atoms with Crippen molar-refractivity contribution in [3.8, 4) is 0 Å². The molecule has 1 N–H and O–H groups in total. The molecule has 2 aliphatic rings. The maximum absolute atomic E-state index is 13.2. The molecule has 8 nitrogen and oxygen atoms in total. The smallest absolute Gasteiger partial charge is 0.341 e. The number of ether oxygens (including phenoxy) is 1. The van der Waals surface area contributed by atoms with Crippen LogP contribution in [0.3, 0.4) is 0 Å². The number of thiophene rings is 1. The highest BCUT2D eigenvalue weighted by molar-refractivity contribution is 7.89. The minimum absolute atomic E-state index is 0.0487.